The summed E-state index contributed by atoms with van der Waals surface area (Å²) in [5.41, 5.74) is 2.68. The number of amides is 1. The van der Waals surface area contributed by atoms with Gasteiger partial charge in [-0.1, -0.05) is 42.8 Å². The van der Waals surface area contributed by atoms with Crippen LogP contribution in [0.2, 0.25) is 5.02 Å². The molecule has 1 atom stereocenters. The van der Waals surface area contributed by atoms with Crippen molar-refractivity contribution in [3.8, 4) is 0 Å². The summed E-state index contributed by atoms with van der Waals surface area (Å²) in [4.78, 5) is 12.4. The van der Waals surface area contributed by atoms with E-state index in [2.05, 4.69) is 17.6 Å². The number of hydrogen-bond donors (Lipinski definition) is 2. The lowest BCUT2D eigenvalue weighted by Crippen LogP contribution is -2.22. The van der Waals surface area contributed by atoms with Gasteiger partial charge in [0.15, 0.2) is 6.10 Å². The highest BCUT2D eigenvalue weighted by atomic mass is 35.5. The number of ether oxygens (including phenoxy) is 1. The van der Waals surface area contributed by atoms with Gasteiger partial charge in [0.05, 0.1) is 0 Å². The van der Waals surface area contributed by atoms with E-state index < -0.39 is 6.10 Å². The maximum absolute atomic E-state index is 12.4. The minimum atomic E-state index is -0.672. The zero-order valence-electron chi connectivity index (χ0n) is 13.3. The lowest BCUT2D eigenvalue weighted by molar-refractivity contribution is -0.126. The lowest BCUT2D eigenvalue weighted by Gasteiger charge is -2.16. The average molecular weight is 333 g/mol. The van der Waals surface area contributed by atoms with Crippen molar-refractivity contribution in [3.63, 3.8) is 0 Å². The Labute approximate surface area is 141 Å². The molecular formula is C18H21ClN2O2. The van der Waals surface area contributed by atoms with Crippen LogP contribution in [0.1, 0.15) is 24.2 Å². The molecule has 5 heteroatoms. The Balaban J connectivity index is 2.02. The molecule has 0 spiro atoms. The first-order chi connectivity index (χ1) is 11.1. The van der Waals surface area contributed by atoms with Gasteiger partial charge in [-0.05, 0) is 41.9 Å². The Kier molecular flexibility index (Phi) is 6.59. The van der Waals surface area contributed by atoms with Gasteiger partial charge in [0.25, 0.3) is 5.91 Å². The molecule has 0 bridgehead atoms. The van der Waals surface area contributed by atoms with Crippen molar-refractivity contribution in [2.45, 2.75) is 19.6 Å². The van der Waals surface area contributed by atoms with Crippen molar-refractivity contribution < 1.29 is 9.53 Å². The van der Waals surface area contributed by atoms with Gasteiger partial charge in [0.1, 0.15) is 0 Å². The molecule has 0 radical (unpaired) electrons. The van der Waals surface area contributed by atoms with E-state index in [1.807, 2.05) is 24.3 Å². The highest BCUT2D eigenvalue weighted by molar-refractivity contribution is 6.30. The summed E-state index contributed by atoms with van der Waals surface area (Å²) in [5, 5.41) is 6.76. The predicted octanol–water partition coefficient (Wildman–Crippen LogP) is 3.78. The Hall–Kier alpha value is -1.88. The molecule has 0 aliphatic rings. The molecule has 0 aromatic heterocycles. The first-order valence-corrected chi connectivity index (χ1v) is 7.90. The summed E-state index contributed by atoms with van der Waals surface area (Å²) in [6.45, 7) is 3.81. The molecule has 122 valence electrons. The van der Waals surface area contributed by atoms with Gasteiger partial charge in [-0.25, -0.2) is 0 Å². The highest BCUT2D eigenvalue weighted by Crippen LogP contribution is 2.21. The maximum atomic E-state index is 12.4. The molecule has 0 heterocycles. The first-order valence-electron chi connectivity index (χ1n) is 7.52. The molecule has 0 fully saturated rings. The summed E-state index contributed by atoms with van der Waals surface area (Å²) in [7, 11) is 1.51. The minimum absolute atomic E-state index is 0.214. The Bertz CT molecular complexity index is 626. The molecule has 0 aliphatic heterocycles. The standard InChI is InChI=1S/C18H21ClN2O2/c1-3-20-12-13-4-10-16(11-5-13)21-18(22)17(23-2)14-6-8-15(19)9-7-14/h4-11,17,20H,3,12H2,1-2H3,(H,21,22). The van der Waals surface area contributed by atoms with Crippen LogP contribution in [-0.2, 0) is 16.1 Å². The van der Waals surface area contributed by atoms with Gasteiger partial charge in [-0.15, -0.1) is 0 Å². The summed E-state index contributed by atoms with van der Waals surface area (Å²) in [6.07, 6.45) is -0.672. The Morgan fingerprint density at radius 3 is 2.35 bits per heavy atom. The summed E-state index contributed by atoms with van der Waals surface area (Å²) in [5.74, 6) is -0.214. The van der Waals surface area contributed by atoms with E-state index >= 15 is 0 Å². The maximum Gasteiger partial charge on any atom is 0.258 e. The van der Waals surface area contributed by atoms with Crippen LogP contribution in [-0.4, -0.2) is 19.6 Å². The van der Waals surface area contributed by atoms with Gasteiger partial charge in [0.2, 0.25) is 0 Å². The van der Waals surface area contributed by atoms with Crippen LogP contribution < -0.4 is 10.6 Å². The van der Waals surface area contributed by atoms with Gasteiger partial charge in [-0.2, -0.15) is 0 Å². The van der Waals surface area contributed by atoms with Gasteiger partial charge < -0.3 is 15.4 Å². The third-order valence-corrected chi connectivity index (χ3v) is 3.70. The fourth-order valence-corrected chi connectivity index (χ4v) is 2.34. The molecule has 2 aromatic carbocycles. The van der Waals surface area contributed by atoms with Gasteiger partial charge >= 0.3 is 0 Å². The molecule has 0 aliphatic carbocycles. The number of anilines is 1. The molecule has 2 rings (SSSR count). The number of rotatable bonds is 7. The summed E-state index contributed by atoms with van der Waals surface area (Å²) >= 11 is 5.87. The van der Waals surface area contributed by atoms with E-state index in [0.29, 0.717) is 5.02 Å². The fraction of sp³-hybridized carbons (Fsp3) is 0.278. The average Bonchev–Trinajstić information content (AvgIpc) is 2.56. The van der Waals surface area contributed by atoms with Crippen LogP contribution in [0, 0.1) is 0 Å². The van der Waals surface area contributed by atoms with Crippen LogP contribution in [0.5, 0.6) is 0 Å². The zero-order valence-corrected chi connectivity index (χ0v) is 14.1. The number of carbonyl (C=O) groups is 1. The molecule has 0 saturated carbocycles. The molecule has 1 unspecified atom stereocenters. The largest absolute Gasteiger partial charge is 0.367 e. The molecule has 23 heavy (non-hydrogen) atoms. The van der Waals surface area contributed by atoms with Crippen LogP contribution in [0.15, 0.2) is 48.5 Å². The Morgan fingerprint density at radius 1 is 1.13 bits per heavy atom. The molecule has 4 nitrogen and oxygen atoms in total. The van der Waals surface area contributed by atoms with Crippen molar-refractivity contribution in [2.24, 2.45) is 0 Å². The monoisotopic (exact) mass is 332 g/mol. The molecule has 2 aromatic rings. The number of halogens is 1. The summed E-state index contributed by atoms with van der Waals surface area (Å²) in [6, 6.07) is 14.8. The molecule has 2 N–H and O–H groups in total. The van der Waals surface area contributed by atoms with E-state index in [0.717, 1.165) is 24.3 Å². The normalized spacial score (nSPS) is 12.0. The Morgan fingerprint density at radius 2 is 1.78 bits per heavy atom. The lowest BCUT2D eigenvalue weighted by atomic mass is 10.1. The van der Waals surface area contributed by atoms with Crippen LogP contribution in [0.25, 0.3) is 0 Å². The topological polar surface area (TPSA) is 50.4 Å². The highest BCUT2D eigenvalue weighted by Gasteiger charge is 2.20. The zero-order chi connectivity index (χ0) is 16.7. The van der Waals surface area contributed by atoms with E-state index in [4.69, 9.17) is 16.3 Å². The molecule has 1 amide bonds. The molecular weight excluding hydrogens is 312 g/mol. The summed E-state index contributed by atoms with van der Waals surface area (Å²) < 4.78 is 5.32. The van der Waals surface area contributed by atoms with E-state index in [9.17, 15) is 4.79 Å². The van der Waals surface area contributed by atoms with Crippen LogP contribution in [0.4, 0.5) is 5.69 Å². The number of benzene rings is 2. The van der Waals surface area contributed by atoms with Gasteiger partial charge in [-0.3, -0.25) is 4.79 Å². The van der Waals surface area contributed by atoms with Crippen molar-refractivity contribution >= 4 is 23.2 Å². The molecule has 0 saturated heterocycles. The second kappa shape index (κ2) is 8.67. The predicted molar refractivity (Wildman–Crippen MR) is 93.7 cm³/mol. The van der Waals surface area contributed by atoms with Crippen molar-refractivity contribution in [1.82, 2.24) is 5.32 Å². The SMILES string of the molecule is CCNCc1ccc(NC(=O)C(OC)c2ccc(Cl)cc2)cc1. The van der Waals surface area contributed by atoms with Gasteiger partial charge in [0, 0.05) is 24.4 Å². The van der Waals surface area contributed by atoms with Crippen molar-refractivity contribution in [3.05, 3.63) is 64.7 Å². The third kappa shape index (κ3) is 5.06. The number of nitrogens with one attached hydrogen (secondary N) is 2. The third-order valence-electron chi connectivity index (χ3n) is 3.45. The van der Waals surface area contributed by atoms with Crippen LogP contribution in [0.3, 0.4) is 0 Å². The van der Waals surface area contributed by atoms with Crippen molar-refractivity contribution in [2.75, 3.05) is 19.0 Å². The second-order valence-corrected chi connectivity index (χ2v) is 5.57. The first kappa shape index (κ1) is 17.5. The van der Waals surface area contributed by atoms with Crippen molar-refractivity contribution in [1.29, 1.82) is 0 Å². The van der Waals surface area contributed by atoms with E-state index in [-0.39, 0.29) is 5.91 Å². The van der Waals surface area contributed by atoms with E-state index in [1.54, 1.807) is 24.3 Å². The smallest absolute Gasteiger partial charge is 0.258 e. The quantitative estimate of drug-likeness (QED) is 0.811. The van der Waals surface area contributed by atoms with Crippen LogP contribution >= 0.6 is 11.6 Å². The number of methoxy groups -OCH3 is 1. The minimum Gasteiger partial charge on any atom is -0.367 e. The fourth-order valence-electron chi connectivity index (χ4n) is 2.22. The number of hydrogen-bond acceptors (Lipinski definition) is 3. The van der Waals surface area contributed by atoms with E-state index in [1.165, 1.54) is 12.7 Å². The number of carbonyl (C=O) groups excluding carboxylic acids is 1. The second-order valence-electron chi connectivity index (χ2n) is 5.13.